The molecule has 1 heterocycles. The summed E-state index contributed by atoms with van der Waals surface area (Å²) in [6.45, 7) is 3.57. The fourth-order valence-electron chi connectivity index (χ4n) is 2.60. The summed E-state index contributed by atoms with van der Waals surface area (Å²) in [7, 11) is 0. The lowest BCUT2D eigenvalue weighted by Crippen LogP contribution is -2.46. The van der Waals surface area contributed by atoms with E-state index in [-0.39, 0.29) is 24.6 Å². The van der Waals surface area contributed by atoms with Gasteiger partial charge in [0.1, 0.15) is 6.07 Å². The topological polar surface area (TPSA) is 94.5 Å². The smallest absolute Gasteiger partial charge is 0.409 e. The minimum Gasteiger partial charge on any atom is -0.450 e. The molecule has 0 radical (unpaired) electrons. The minimum absolute atomic E-state index is 0.170. The van der Waals surface area contributed by atoms with Crippen LogP contribution >= 0.6 is 0 Å². The van der Waals surface area contributed by atoms with Crippen LogP contribution in [0.2, 0.25) is 0 Å². The van der Waals surface area contributed by atoms with E-state index in [9.17, 15) is 9.59 Å². The molecule has 0 spiro atoms. The van der Waals surface area contributed by atoms with Gasteiger partial charge in [0.05, 0.1) is 24.4 Å². The average Bonchev–Trinajstić information content (AvgIpc) is 2.61. The van der Waals surface area contributed by atoms with E-state index in [0.29, 0.717) is 30.9 Å². The maximum Gasteiger partial charge on any atom is 0.409 e. The second-order valence-electron chi connectivity index (χ2n) is 5.55. The van der Waals surface area contributed by atoms with Crippen molar-refractivity contribution in [3.05, 3.63) is 29.8 Å². The van der Waals surface area contributed by atoms with E-state index in [1.54, 1.807) is 36.1 Å². The lowest BCUT2D eigenvalue weighted by Gasteiger charge is -2.31. The van der Waals surface area contributed by atoms with Gasteiger partial charge in [0.25, 0.3) is 0 Å². The van der Waals surface area contributed by atoms with Crippen LogP contribution < -0.4 is 10.6 Å². The number of hydrogen-bond acceptors (Lipinski definition) is 5. The molecular formula is C17H22N4O3. The Labute approximate surface area is 141 Å². The Morgan fingerprint density at radius 3 is 2.71 bits per heavy atom. The van der Waals surface area contributed by atoms with E-state index < -0.39 is 0 Å². The number of benzene rings is 1. The number of nitrogens with zero attached hydrogens (tertiary/aromatic N) is 2. The molecule has 1 aromatic carbocycles. The molecule has 1 aliphatic heterocycles. The first-order chi connectivity index (χ1) is 11.6. The van der Waals surface area contributed by atoms with Crippen LogP contribution in [-0.2, 0) is 9.53 Å². The van der Waals surface area contributed by atoms with E-state index in [1.165, 1.54) is 0 Å². The Morgan fingerprint density at radius 2 is 2.04 bits per heavy atom. The Kier molecular flexibility index (Phi) is 6.58. The maximum atomic E-state index is 12.0. The first kappa shape index (κ1) is 17.8. The van der Waals surface area contributed by atoms with Crippen molar-refractivity contribution in [1.29, 1.82) is 5.26 Å². The molecule has 2 N–H and O–H groups in total. The Morgan fingerprint density at radius 1 is 1.33 bits per heavy atom. The molecule has 2 rings (SSSR count). The van der Waals surface area contributed by atoms with Gasteiger partial charge in [0, 0.05) is 19.1 Å². The van der Waals surface area contributed by atoms with Gasteiger partial charge in [-0.05, 0) is 31.9 Å². The summed E-state index contributed by atoms with van der Waals surface area (Å²) in [6, 6.07) is 9.13. The highest BCUT2D eigenvalue weighted by molar-refractivity contribution is 5.93. The van der Waals surface area contributed by atoms with E-state index in [0.717, 1.165) is 12.8 Å². The number of anilines is 1. The number of ether oxygens (including phenoxy) is 1. The van der Waals surface area contributed by atoms with Crippen molar-refractivity contribution in [3.8, 4) is 6.07 Å². The summed E-state index contributed by atoms with van der Waals surface area (Å²) in [5.41, 5.74) is 0.956. The van der Waals surface area contributed by atoms with Gasteiger partial charge in [0.15, 0.2) is 0 Å². The molecule has 0 aromatic heterocycles. The zero-order chi connectivity index (χ0) is 17.4. The second-order valence-corrected chi connectivity index (χ2v) is 5.55. The molecule has 0 atom stereocenters. The van der Waals surface area contributed by atoms with Crippen molar-refractivity contribution in [2.45, 2.75) is 25.8 Å². The van der Waals surface area contributed by atoms with Gasteiger partial charge in [-0.25, -0.2) is 4.79 Å². The van der Waals surface area contributed by atoms with Crippen LogP contribution in [0.15, 0.2) is 24.3 Å². The summed E-state index contributed by atoms with van der Waals surface area (Å²) in [6.07, 6.45) is 1.28. The number of rotatable bonds is 5. The Hall–Kier alpha value is -2.59. The van der Waals surface area contributed by atoms with Gasteiger partial charge in [-0.1, -0.05) is 12.1 Å². The fourth-order valence-corrected chi connectivity index (χ4v) is 2.60. The third-order valence-corrected chi connectivity index (χ3v) is 3.89. The van der Waals surface area contributed by atoms with Gasteiger partial charge < -0.3 is 20.3 Å². The van der Waals surface area contributed by atoms with Crippen LogP contribution in [0.25, 0.3) is 0 Å². The molecule has 0 aliphatic carbocycles. The highest BCUT2D eigenvalue weighted by Crippen LogP contribution is 2.14. The number of carbonyl (C=O) groups excluding carboxylic acids is 2. The van der Waals surface area contributed by atoms with Crippen molar-refractivity contribution in [1.82, 2.24) is 10.2 Å². The molecule has 2 amide bonds. The van der Waals surface area contributed by atoms with Gasteiger partial charge in [-0.3, -0.25) is 4.79 Å². The van der Waals surface area contributed by atoms with Crippen LogP contribution in [0.5, 0.6) is 0 Å². The Balaban J connectivity index is 1.73. The number of para-hydroxylation sites is 1. The normalized spacial score (nSPS) is 14.8. The average molecular weight is 330 g/mol. The van der Waals surface area contributed by atoms with E-state index in [4.69, 9.17) is 10.00 Å². The molecule has 24 heavy (non-hydrogen) atoms. The predicted molar refractivity (Wildman–Crippen MR) is 89.4 cm³/mol. The highest BCUT2D eigenvalue weighted by atomic mass is 16.6. The molecule has 1 saturated heterocycles. The lowest BCUT2D eigenvalue weighted by atomic mass is 10.1. The van der Waals surface area contributed by atoms with Crippen molar-refractivity contribution >= 4 is 17.7 Å². The summed E-state index contributed by atoms with van der Waals surface area (Å²) < 4.78 is 4.98. The number of likely N-dealkylation sites (tertiary alicyclic amines) is 1. The van der Waals surface area contributed by atoms with Crippen molar-refractivity contribution in [2.24, 2.45) is 0 Å². The van der Waals surface area contributed by atoms with Crippen molar-refractivity contribution in [2.75, 3.05) is 31.6 Å². The molecule has 0 unspecified atom stereocenters. The van der Waals surface area contributed by atoms with Crippen molar-refractivity contribution < 1.29 is 14.3 Å². The first-order valence-corrected chi connectivity index (χ1v) is 8.08. The van der Waals surface area contributed by atoms with Gasteiger partial charge in [-0.15, -0.1) is 0 Å². The summed E-state index contributed by atoms with van der Waals surface area (Å²) in [5, 5.41) is 14.9. The summed E-state index contributed by atoms with van der Waals surface area (Å²) in [4.78, 5) is 25.3. The number of hydrogen-bond donors (Lipinski definition) is 2. The SMILES string of the molecule is CCOC(=O)N1CCC(NCC(=O)Nc2ccccc2C#N)CC1. The van der Waals surface area contributed by atoms with Gasteiger partial charge in [-0.2, -0.15) is 5.26 Å². The zero-order valence-electron chi connectivity index (χ0n) is 13.7. The van der Waals surface area contributed by atoms with Crippen molar-refractivity contribution in [3.63, 3.8) is 0 Å². The van der Waals surface area contributed by atoms with Gasteiger partial charge >= 0.3 is 6.09 Å². The third-order valence-electron chi connectivity index (χ3n) is 3.89. The molecule has 7 nitrogen and oxygen atoms in total. The van der Waals surface area contributed by atoms with E-state index in [2.05, 4.69) is 10.6 Å². The van der Waals surface area contributed by atoms with Crippen LogP contribution in [0.4, 0.5) is 10.5 Å². The van der Waals surface area contributed by atoms with E-state index >= 15 is 0 Å². The molecule has 128 valence electrons. The van der Waals surface area contributed by atoms with Crippen LogP contribution in [-0.4, -0.2) is 49.2 Å². The zero-order valence-corrected chi connectivity index (χ0v) is 13.7. The Bertz CT molecular complexity index is 619. The third kappa shape index (κ3) is 4.96. The number of nitrogens with one attached hydrogen (secondary N) is 2. The monoisotopic (exact) mass is 330 g/mol. The van der Waals surface area contributed by atoms with E-state index in [1.807, 2.05) is 6.07 Å². The standard InChI is InChI=1S/C17H22N4O3/c1-2-24-17(23)21-9-7-14(8-10-21)19-12-16(22)20-15-6-4-3-5-13(15)11-18/h3-6,14,19H,2,7-10,12H2,1H3,(H,20,22). The molecule has 7 heteroatoms. The summed E-state index contributed by atoms with van der Waals surface area (Å²) >= 11 is 0. The molecule has 1 fully saturated rings. The highest BCUT2D eigenvalue weighted by Gasteiger charge is 2.23. The molecule has 0 bridgehead atoms. The number of piperidine rings is 1. The fraction of sp³-hybridized carbons (Fsp3) is 0.471. The molecule has 0 saturated carbocycles. The minimum atomic E-state index is -0.276. The van der Waals surface area contributed by atoms with Gasteiger partial charge in [0.2, 0.25) is 5.91 Å². The maximum absolute atomic E-state index is 12.0. The quantitative estimate of drug-likeness (QED) is 0.857. The molecule has 1 aromatic rings. The number of carbonyl (C=O) groups is 2. The van der Waals surface area contributed by atoms with Crippen LogP contribution in [0, 0.1) is 11.3 Å². The van der Waals surface area contributed by atoms with Crippen LogP contribution in [0.1, 0.15) is 25.3 Å². The largest absolute Gasteiger partial charge is 0.450 e. The van der Waals surface area contributed by atoms with Crippen LogP contribution in [0.3, 0.4) is 0 Å². The molecular weight excluding hydrogens is 308 g/mol. The first-order valence-electron chi connectivity index (χ1n) is 8.08. The lowest BCUT2D eigenvalue weighted by molar-refractivity contribution is -0.115. The number of nitriles is 1. The predicted octanol–water partition coefficient (Wildman–Crippen LogP) is 1.71. The number of amides is 2. The summed E-state index contributed by atoms with van der Waals surface area (Å²) in [5.74, 6) is -0.189. The second kappa shape index (κ2) is 8.89. The molecule has 1 aliphatic rings.